The molecule has 1 aliphatic rings. The first-order chi connectivity index (χ1) is 8.65. The van der Waals surface area contributed by atoms with E-state index in [4.69, 9.17) is 5.26 Å². The summed E-state index contributed by atoms with van der Waals surface area (Å²) in [5, 5.41) is 12.3. The highest BCUT2D eigenvalue weighted by molar-refractivity contribution is 5.56. The number of anilines is 1. The van der Waals surface area contributed by atoms with E-state index in [1.165, 1.54) is 18.9 Å². The first-order valence-electron chi connectivity index (χ1n) is 6.62. The molecule has 1 fully saturated rings. The SMILES string of the molecule is CCC1CCCC1Nc1cc(C#N)cc(F)c1C. The van der Waals surface area contributed by atoms with Gasteiger partial charge in [-0.2, -0.15) is 5.26 Å². The zero-order chi connectivity index (χ0) is 13.1. The molecular weight excluding hydrogens is 227 g/mol. The van der Waals surface area contributed by atoms with Crippen LogP contribution in [0.3, 0.4) is 0 Å². The summed E-state index contributed by atoms with van der Waals surface area (Å²) in [5.41, 5.74) is 1.76. The zero-order valence-corrected chi connectivity index (χ0v) is 11.0. The maximum Gasteiger partial charge on any atom is 0.129 e. The molecule has 1 aliphatic carbocycles. The van der Waals surface area contributed by atoms with Crippen LogP contribution in [-0.2, 0) is 0 Å². The fourth-order valence-corrected chi connectivity index (χ4v) is 2.81. The van der Waals surface area contributed by atoms with Crippen LogP contribution in [0.1, 0.15) is 43.7 Å². The molecule has 96 valence electrons. The normalized spacial score (nSPS) is 22.8. The minimum atomic E-state index is -0.303. The predicted molar refractivity (Wildman–Crippen MR) is 70.9 cm³/mol. The van der Waals surface area contributed by atoms with Crippen LogP contribution in [0.2, 0.25) is 0 Å². The van der Waals surface area contributed by atoms with E-state index in [-0.39, 0.29) is 5.82 Å². The van der Waals surface area contributed by atoms with Crippen LogP contribution in [0.4, 0.5) is 10.1 Å². The zero-order valence-electron chi connectivity index (χ0n) is 11.0. The molecule has 0 bridgehead atoms. The lowest BCUT2D eigenvalue weighted by molar-refractivity contribution is 0.488. The second kappa shape index (κ2) is 5.39. The first kappa shape index (κ1) is 12.9. The Hall–Kier alpha value is -1.56. The molecule has 1 N–H and O–H groups in total. The fourth-order valence-electron chi connectivity index (χ4n) is 2.81. The first-order valence-corrected chi connectivity index (χ1v) is 6.62. The average molecular weight is 246 g/mol. The smallest absolute Gasteiger partial charge is 0.129 e. The van der Waals surface area contributed by atoms with Crippen molar-refractivity contribution in [1.29, 1.82) is 5.26 Å². The highest BCUT2D eigenvalue weighted by Crippen LogP contribution is 2.32. The second-order valence-electron chi connectivity index (χ2n) is 5.09. The summed E-state index contributed by atoms with van der Waals surface area (Å²) in [7, 11) is 0. The number of hydrogen-bond acceptors (Lipinski definition) is 2. The van der Waals surface area contributed by atoms with E-state index in [1.807, 2.05) is 6.07 Å². The molecule has 1 saturated carbocycles. The summed E-state index contributed by atoms with van der Waals surface area (Å²) in [4.78, 5) is 0. The summed E-state index contributed by atoms with van der Waals surface area (Å²) < 4.78 is 13.7. The number of rotatable bonds is 3. The van der Waals surface area contributed by atoms with Crippen molar-refractivity contribution in [1.82, 2.24) is 0 Å². The lowest BCUT2D eigenvalue weighted by Crippen LogP contribution is -2.24. The summed E-state index contributed by atoms with van der Waals surface area (Å²) in [6, 6.07) is 5.48. The van der Waals surface area contributed by atoms with Gasteiger partial charge in [-0.1, -0.05) is 19.8 Å². The number of nitrogens with zero attached hydrogens (tertiary/aromatic N) is 1. The fraction of sp³-hybridized carbons (Fsp3) is 0.533. The van der Waals surface area contributed by atoms with Gasteiger partial charge in [0, 0.05) is 17.3 Å². The van der Waals surface area contributed by atoms with E-state index in [0.29, 0.717) is 23.1 Å². The van der Waals surface area contributed by atoms with E-state index in [2.05, 4.69) is 12.2 Å². The molecule has 1 aromatic rings. The van der Waals surface area contributed by atoms with Crippen LogP contribution in [0, 0.1) is 30.0 Å². The largest absolute Gasteiger partial charge is 0.382 e. The third kappa shape index (κ3) is 2.48. The molecular formula is C15H19FN2. The number of hydrogen-bond donors (Lipinski definition) is 1. The van der Waals surface area contributed by atoms with Crippen LogP contribution in [-0.4, -0.2) is 6.04 Å². The topological polar surface area (TPSA) is 35.8 Å². The molecule has 3 heteroatoms. The van der Waals surface area contributed by atoms with Gasteiger partial charge >= 0.3 is 0 Å². The van der Waals surface area contributed by atoms with E-state index < -0.39 is 0 Å². The highest BCUT2D eigenvalue weighted by Gasteiger charge is 2.26. The van der Waals surface area contributed by atoms with Crippen molar-refractivity contribution in [2.45, 2.75) is 45.6 Å². The number of halogens is 1. The molecule has 0 radical (unpaired) electrons. The lowest BCUT2D eigenvalue weighted by atomic mass is 9.99. The molecule has 0 saturated heterocycles. The molecule has 0 heterocycles. The van der Waals surface area contributed by atoms with Crippen molar-refractivity contribution in [3.63, 3.8) is 0 Å². The van der Waals surface area contributed by atoms with Gasteiger partial charge in [-0.15, -0.1) is 0 Å². The molecule has 2 unspecified atom stereocenters. The van der Waals surface area contributed by atoms with Crippen molar-refractivity contribution in [3.8, 4) is 6.07 Å². The Morgan fingerprint density at radius 2 is 2.22 bits per heavy atom. The van der Waals surface area contributed by atoms with Crippen molar-refractivity contribution in [2.75, 3.05) is 5.32 Å². The Morgan fingerprint density at radius 3 is 2.89 bits per heavy atom. The molecule has 1 aromatic carbocycles. The summed E-state index contributed by atoms with van der Waals surface area (Å²) in [6.45, 7) is 3.96. The third-order valence-corrected chi connectivity index (χ3v) is 4.00. The molecule has 2 atom stereocenters. The quantitative estimate of drug-likeness (QED) is 0.875. The monoisotopic (exact) mass is 246 g/mol. The summed E-state index contributed by atoms with van der Waals surface area (Å²) in [6.07, 6.45) is 4.76. The van der Waals surface area contributed by atoms with E-state index in [1.54, 1.807) is 13.0 Å². The van der Waals surface area contributed by atoms with Gasteiger partial charge in [0.25, 0.3) is 0 Å². The Balaban J connectivity index is 2.23. The Bertz CT molecular complexity index is 476. The number of nitriles is 1. The van der Waals surface area contributed by atoms with Crippen LogP contribution >= 0.6 is 0 Å². The molecule has 0 amide bonds. The van der Waals surface area contributed by atoms with Gasteiger partial charge in [-0.25, -0.2) is 4.39 Å². The minimum absolute atomic E-state index is 0.303. The molecule has 2 rings (SSSR count). The van der Waals surface area contributed by atoms with Gasteiger partial charge in [-0.3, -0.25) is 0 Å². The van der Waals surface area contributed by atoms with Gasteiger partial charge in [0.2, 0.25) is 0 Å². The van der Waals surface area contributed by atoms with Crippen molar-refractivity contribution in [2.24, 2.45) is 5.92 Å². The van der Waals surface area contributed by atoms with Crippen LogP contribution < -0.4 is 5.32 Å². The summed E-state index contributed by atoms with van der Waals surface area (Å²) >= 11 is 0. The Morgan fingerprint density at radius 1 is 1.44 bits per heavy atom. The molecule has 0 aromatic heterocycles. The van der Waals surface area contributed by atoms with Gasteiger partial charge in [0.05, 0.1) is 11.6 Å². The average Bonchev–Trinajstić information content (AvgIpc) is 2.81. The predicted octanol–water partition coefficient (Wildman–Crippen LogP) is 4.00. The standard InChI is InChI=1S/C15H19FN2/c1-3-12-5-4-6-14(12)18-15-8-11(9-17)7-13(16)10(15)2/h7-8,12,14,18H,3-6H2,1-2H3. The van der Waals surface area contributed by atoms with Crippen molar-refractivity contribution < 1.29 is 4.39 Å². The molecule has 0 spiro atoms. The minimum Gasteiger partial charge on any atom is -0.382 e. The Kier molecular flexibility index (Phi) is 3.86. The molecule has 0 aliphatic heterocycles. The number of nitrogens with one attached hydrogen (secondary N) is 1. The van der Waals surface area contributed by atoms with E-state index in [0.717, 1.165) is 18.5 Å². The highest BCUT2D eigenvalue weighted by atomic mass is 19.1. The van der Waals surface area contributed by atoms with Gasteiger partial charge < -0.3 is 5.32 Å². The molecule has 18 heavy (non-hydrogen) atoms. The maximum atomic E-state index is 13.7. The van der Waals surface area contributed by atoms with Crippen molar-refractivity contribution in [3.05, 3.63) is 29.1 Å². The second-order valence-corrected chi connectivity index (χ2v) is 5.09. The number of benzene rings is 1. The van der Waals surface area contributed by atoms with E-state index in [9.17, 15) is 4.39 Å². The third-order valence-electron chi connectivity index (χ3n) is 4.00. The Labute approximate surface area is 108 Å². The maximum absolute atomic E-state index is 13.7. The lowest BCUT2D eigenvalue weighted by Gasteiger charge is -2.22. The van der Waals surface area contributed by atoms with Crippen LogP contribution in [0.15, 0.2) is 12.1 Å². The van der Waals surface area contributed by atoms with Crippen LogP contribution in [0.5, 0.6) is 0 Å². The van der Waals surface area contributed by atoms with Gasteiger partial charge in [0.1, 0.15) is 5.82 Å². The van der Waals surface area contributed by atoms with Gasteiger partial charge in [0.15, 0.2) is 0 Å². The van der Waals surface area contributed by atoms with Crippen LogP contribution in [0.25, 0.3) is 0 Å². The van der Waals surface area contributed by atoms with E-state index >= 15 is 0 Å². The van der Waals surface area contributed by atoms with Crippen molar-refractivity contribution >= 4 is 5.69 Å². The van der Waals surface area contributed by atoms with Gasteiger partial charge in [-0.05, 0) is 37.8 Å². The molecule has 2 nitrogen and oxygen atoms in total. The summed E-state index contributed by atoms with van der Waals surface area (Å²) in [5.74, 6) is 0.362.